The third-order valence-corrected chi connectivity index (χ3v) is 3.92. The zero-order valence-corrected chi connectivity index (χ0v) is 12.8. The highest BCUT2D eigenvalue weighted by molar-refractivity contribution is 7.09. The Kier molecular flexibility index (Phi) is 5.71. The fraction of sp³-hybridized carbons (Fsp3) is 0.333. The van der Waals surface area contributed by atoms with Crippen molar-refractivity contribution in [3.05, 3.63) is 45.9 Å². The number of rotatable bonds is 7. The first-order chi connectivity index (χ1) is 10.2. The monoisotopic (exact) mass is 305 g/mol. The first kappa shape index (κ1) is 15.5. The van der Waals surface area contributed by atoms with E-state index in [9.17, 15) is 4.79 Å². The van der Waals surface area contributed by atoms with Crippen LogP contribution in [-0.4, -0.2) is 24.5 Å². The van der Waals surface area contributed by atoms with Gasteiger partial charge in [-0.05, 0) is 30.5 Å². The maximum atomic E-state index is 11.8. The summed E-state index contributed by atoms with van der Waals surface area (Å²) in [6, 6.07) is 7.96. The predicted octanol–water partition coefficient (Wildman–Crippen LogP) is 1.97. The number of methoxy groups -OCH3 is 1. The third-order valence-electron chi connectivity index (χ3n) is 3.05. The second-order valence-corrected chi connectivity index (χ2v) is 5.48. The summed E-state index contributed by atoms with van der Waals surface area (Å²) in [5, 5.41) is 5.38. The molecule has 0 bridgehead atoms. The van der Waals surface area contributed by atoms with E-state index in [4.69, 9.17) is 10.5 Å². The zero-order valence-electron chi connectivity index (χ0n) is 12.0. The average Bonchev–Trinajstić information content (AvgIpc) is 3.01. The van der Waals surface area contributed by atoms with Crippen LogP contribution in [0.5, 0.6) is 5.75 Å². The Morgan fingerprint density at radius 1 is 1.38 bits per heavy atom. The topological polar surface area (TPSA) is 77.2 Å². The smallest absolute Gasteiger partial charge is 0.270 e. The van der Waals surface area contributed by atoms with E-state index in [0.717, 1.165) is 23.6 Å². The SMILES string of the molecule is COc1ccc(CCCNC(=O)c2csc(CN)n2)cc1. The lowest BCUT2D eigenvalue weighted by molar-refractivity contribution is 0.0949. The summed E-state index contributed by atoms with van der Waals surface area (Å²) in [6.45, 7) is 0.996. The Hall–Kier alpha value is -1.92. The number of benzene rings is 1. The summed E-state index contributed by atoms with van der Waals surface area (Å²) in [7, 11) is 1.65. The molecule has 0 aliphatic carbocycles. The lowest BCUT2D eigenvalue weighted by atomic mass is 10.1. The van der Waals surface area contributed by atoms with Gasteiger partial charge in [-0.2, -0.15) is 0 Å². The van der Waals surface area contributed by atoms with Crippen molar-refractivity contribution in [2.75, 3.05) is 13.7 Å². The lowest BCUT2D eigenvalue weighted by Crippen LogP contribution is -2.25. The van der Waals surface area contributed by atoms with Gasteiger partial charge in [0.1, 0.15) is 16.5 Å². The molecule has 1 amide bonds. The molecule has 0 fully saturated rings. The molecule has 0 radical (unpaired) electrons. The van der Waals surface area contributed by atoms with Gasteiger partial charge in [0, 0.05) is 18.5 Å². The largest absolute Gasteiger partial charge is 0.497 e. The molecule has 5 nitrogen and oxygen atoms in total. The first-order valence-corrected chi connectivity index (χ1v) is 7.66. The maximum absolute atomic E-state index is 11.8. The van der Waals surface area contributed by atoms with Gasteiger partial charge in [-0.25, -0.2) is 4.98 Å². The summed E-state index contributed by atoms with van der Waals surface area (Å²) < 4.78 is 5.11. The van der Waals surface area contributed by atoms with Crippen LogP contribution in [0.25, 0.3) is 0 Å². The fourth-order valence-electron chi connectivity index (χ4n) is 1.89. The molecule has 0 spiro atoms. The van der Waals surface area contributed by atoms with Crippen molar-refractivity contribution in [3.8, 4) is 5.75 Å². The van der Waals surface area contributed by atoms with Crippen LogP contribution in [0, 0.1) is 0 Å². The Labute approximate surface area is 128 Å². The zero-order chi connectivity index (χ0) is 15.1. The Morgan fingerprint density at radius 2 is 2.14 bits per heavy atom. The van der Waals surface area contributed by atoms with Crippen molar-refractivity contribution in [1.82, 2.24) is 10.3 Å². The standard InChI is InChI=1S/C15H19N3O2S/c1-20-12-6-4-11(5-7-12)3-2-8-17-15(19)13-10-21-14(9-16)18-13/h4-7,10H,2-3,8-9,16H2,1H3,(H,17,19). The molecular formula is C15H19N3O2S. The summed E-state index contributed by atoms with van der Waals surface area (Å²) in [4.78, 5) is 16.0. The fourth-order valence-corrected chi connectivity index (χ4v) is 2.54. The average molecular weight is 305 g/mol. The van der Waals surface area contributed by atoms with Crippen molar-refractivity contribution in [2.24, 2.45) is 5.73 Å². The number of aromatic nitrogens is 1. The molecule has 112 valence electrons. The Bertz CT molecular complexity index is 581. The van der Waals surface area contributed by atoms with Gasteiger partial charge in [-0.3, -0.25) is 4.79 Å². The van der Waals surface area contributed by atoms with Gasteiger partial charge in [-0.1, -0.05) is 12.1 Å². The molecule has 1 heterocycles. The van der Waals surface area contributed by atoms with Crippen LogP contribution < -0.4 is 15.8 Å². The minimum atomic E-state index is -0.138. The second-order valence-electron chi connectivity index (χ2n) is 4.54. The lowest BCUT2D eigenvalue weighted by Gasteiger charge is -2.05. The quantitative estimate of drug-likeness (QED) is 0.767. The number of nitrogens with one attached hydrogen (secondary N) is 1. The second kappa shape index (κ2) is 7.75. The van der Waals surface area contributed by atoms with E-state index in [1.807, 2.05) is 24.3 Å². The number of carbonyl (C=O) groups excluding carboxylic acids is 1. The number of amides is 1. The number of hydrogen-bond acceptors (Lipinski definition) is 5. The van der Waals surface area contributed by atoms with E-state index >= 15 is 0 Å². The van der Waals surface area contributed by atoms with Gasteiger partial charge in [0.25, 0.3) is 5.91 Å². The molecular weight excluding hydrogens is 286 g/mol. The van der Waals surface area contributed by atoms with Gasteiger partial charge in [0.2, 0.25) is 0 Å². The van der Waals surface area contributed by atoms with Gasteiger partial charge >= 0.3 is 0 Å². The molecule has 3 N–H and O–H groups in total. The van der Waals surface area contributed by atoms with Crippen LogP contribution in [0.4, 0.5) is 0 Å². The van der Waals surface area contributed by atoms with Crippen molar-refractivity contribution in [3.63, 3.8) is 0 Å². The number of nitrogens with two attached hydrogens (primary N) is 1. The van der Waals surface area contributed by atoms with E-state index in [1.165, 1.54) is 16.9 Å². The number of carbonyl (C=O) groups is 1. The first-order valence-electron chi connectivity index (χ1n) is 6.78. The Balaban J connectivity index is 1.72. The van der Waals surface area contributed by atoms with E-state index in [0.29, 0.717) is 18.8 Å². The van der Waals surface area contributed by atoms with Crippen LogP contribution in [0.1, 0.15) is 27.5 Å². The van der Waals surface area contributed by atoms with Crippen molar-refractivity contribution in [1.29, 1.82) is 0 Å². The molecule has 0 saturated carbocycles. The van der Waals surface area contributed by atoms with E-state index in [1.54, 1.807) is 12.5 Å². The van der Waals surface area contributed by atoms with Crippen LogP contribution in [0.3, 0.4) is 0 Å². The van der Waals surface area contributed by atoms with E-state index in [2.05, 4.69) is 10.3 Å². The van der Waals surface area contributed by atoms with Gasteiger partial charge in [0.15, 0.2) is 0 Å². The summed E-state index contributed by atoms with van der Waals surface area (Å²) in [6.07, 6.45) is 1.79. The molecule has 2 rings (SSSR count). The number of hydrogen-bond donors (Lipinski definition) is 2. The highest BCUT2D eigenvalue weighted by Gasteiger charge is 2.09. The van der Waals surface area contributed by atoms with Crippen LogP contribution in [0.2, 0.25) is 0 Å². The van der Waals surface area contributed by atoms with Crippen molar-refractivity contribution in [2.45, 2.75) is 19.4 Å². The van der Waals surface area contributed by atoms with Crippen LogP contribution >= 0.6 is 11.3 Å². The maximum Gasteiger partial charge on any atom is 0.270 e. The Morgan fingerprint density at radius 3 is 2.76 bits per heavy atom. The van der Waals surface area contributed by atoms with Gasteiger partial charge in [-0.15, -0.1) is 11.3 Å². The summed E-state index contributed by atoms with van der Waals surface area (Å²) >= 11 is 1.41. The number of aryl methyl sites for hydroxylation is 1. The predicted molar refractivity (Wildman–Crippen MR) is 83.7 cm³/mol. The third kappa shape index (κ3) is 4.54. The molecule has 1 aromatic heterocycles. The molecule has 0 aliphatic heterocycles. The van der Waals surface area contributed by atoms with E-state index < -0.39 is 0 Å². The highest BCUT2D eigenvalue weighted by Crippen LogP contribution is 2.12. The summed E-state index contributed by atoms with van der Waals surface area (Å²) in [5.41, 5.74) is 7.15. The highest BCUT2D eigenvalue weighted by atomic mass is 32.1. The molecule has 2 aromatic rings. The minimum absolute atomic E-state index is 0.138. The van der Waals surface area contributed by atoms with Crippen LogP contribution in [0.15, 0.2) is 29.6 Å². The number of thiazole rings is 1. The number of ether oxygens (including phenoxy) is 1. The van der Waals surface area contributed by atoms with Crippen molar-refractivity contribution >= 4 is 17.2 Å². The molecule has 6 heteroatoms. The molecule has 0 unspecified atom stereocenters. The molecule has 21 heavy (non-hydrogen) atoms. The number of nitrogens with zero attached hydrogens (tertiary/aromatic N) is 1. The summed E-state index contributed by atoms with van der Waals surface area (Å²) in [5.74, 6) is 0.715. The van der Waals surface area contributed by atoms with E-state index in [-0.39, 0.29) is 5.91 Å². The van der Waals surface area contributed by atoms with Gasteiger partial charge < -0.3 is 15.8 Å². The van der Waals surface area contributed by atoms with Crippen LogP contribution in [-0.2, 0) is 13.0 Å². The van der Waals surface area contributed by atoms with Crippen molar-refractivity contribution < 1.29 is 9.53 Å². The molecule has 0 atom stereocenters. The molecule has 0 saturated heterocycles. The molecule has 0 aliphatic rings. The minimum Gasteiger partial charge on any atom is -0.497 e. The van der Waals surface area contributed by atoms with Gasteiger partial charge in [0.05, 0.1) is 7.11 Å². The molecule has 1 aromatic carbocycles. The normalized spacial score (nSPS) is 10.4.